The molecule has 1 aromatic rings. The molecule has 1 aliphatic heterocycles. The number of rotatable bonds is 4. The van der Waals surface area contributed by atoms with E-state index in [1.165, 1.54) is 19.4 Å². The van der Waals surface area contributed by atoms with E-state index in [9.17, 15) is 0 Å². The summed E-state index contributed by atoms with van der Waals surface area (Å²) >= 11 is 7.10. The van der Waals surface area contributed by atoms with Crippen LogP contribution in [0.3, 0.4) is 0 Å². The molecule has 1 fully saturated rings. The quantitative estimate of drug-likeness (QED) is 0.757. The van der Waals surface area contributed by atoms with E-state index in [-0.39, 0.29) is 0 Å². The van der Waals surface area contributed by atoms with Gasteiger partial charge in [-0.2, -0.15) is 0 Å². The van der Waals surface area contributed by atoms with Crippen LogP contribution in [0.15, 0.2) is 28.7 Å². The number of likely N-dealkylation sites (tertiary alicyclic amines) is 1. The van der Waals surface area contributed by atoms with E-state index in [0.29, 0.717) is 4.83 Å². The second-order valence-corrected chi connectivity index (χ2v) is 6.55. The van der Waals surface area contributed by atoms with Gasteiger partial charge in [0.15, 0.2) is 0 Å². The van der Waals surface area contributed by atoms with Crippen molar-refractivity contribution in [3.63, 3.8) is 0 Å². The second kappa shape index (κ2) is 6.76. The van der Waals surface area contributed by atoms with E-state index in [1.807, 2.05) is 24.3 Å². The molecule has 1 aliphatic rings. The molecule has 94 valence electrons. The van der Waals surface area contributed by atoms with E-state index < -0.39 is 0 Å². The number of nitrogens with zero attached hydrogens (tertiary/aromatic N) is 1. The van der Waals surface area contributed by atoms with Gasteiger partial charge in [0.25, 0.3) is 0 Å². The Morgan fingerprint density at radius 1 is 1.29 bits per heavy atom. The maximum atomic E-state index is 5.72. The first kappa shape index (κ1) is 13.4. The SMILES string of the molecule is Brc1ccc(OCCN2CCCC(Br)C2)cc1. The summed E-state index contributed by atoms with van der Waals surface area (Å²) in [6, 6.07) is 8.00. The average Bonchev–Trinajstić information content (AvgIpc) is 2.32. The van der Waals surface area contributed by atoms with Gasteiger partial charge in [-0.05, 0) is 43.7 Å². The summed E-state index contributed by atoms with van der Waals surface area (Å²) in [6.07, 6.45) is 2.58. The summed E-state index contributed by atoms with van der Waals surface area (Å²) in [4.78, 5) is 3.12. The number of hydrogen-bond donors (Lipinski definition) is 0. The first-order chi connectivity index (χ1) is 8.24. The molecule has 0 spiro atoms. The predicted molar refractivity (Wildman–Crippen MR) is 78.0 cm³/mol. The Labute approximate surface area is 120 Å². The maximum absolute atomic E-state index is 5.72. The van der Waals surface area contributed by atoms with Crippen LogP contribution in [-0.4, -0.2) is 36.0 Å². The largest absolute Gasteiger partial charge is 0.492 e. The molecule has 0 amide bonds. The number of ether oxygens (including phenoxy) is 1. The summed E-state index contributed by atoms with van der Waals surface area (Å²) in [6.45, 7) is 4.12. The third-order valence-electron chi connectivity index (χ3n) is 2.94. The minimum Gasteiger partial charge on any atom is -0.492 e. The molecular weight excluding hydrogens is 346 g/mol. The van der Waals surface area contributed by atoms with Gasteiger partial charge < -0.3 is 4.74 Å². The lowest BCUT2D eigenvalue weighted by molar-refractivity contribution is 0.187. The molecule has 0 radical (unpaired) electrons. The number of hydrogen-bond acceptors (Lipinski definition) is 2. The van der Waals surface area contributed by atoms with Crippen LogP contribution < -0.4 is 4.74 Å². The van der Waals surface area contributed by atoms with Crippen LogP contribution in [-0.2, 0) is 0 Å². The van der Waals surface area contributed by atoms with E-state index in [2.05, 4.69) is 36.8 Å². The van der Waals surface area contributed by atoms with Crippen LogP contribution in [0.25, 0.3) is 0 Å². The van der Waals surface area contributed by atoms with Gasteiger partial charge in [-0.25, -0.2) is 0 Å². The lowest BCUT2D eigenvalue weighted by atomic mass is 10.1. The minimum absolute atomic E-state index is 0.656. The number of piperidine rings is 1. The standard InChI is InChI=1S/C13H17Br2NO/c14-11-3-5-13(6-4-11)17-9-8-16-7-1-2-12(15)10-16/h3-6,12H,1-2,7-10H2. The van der Waals surface area contributed by atoms with Gasteiger partial charge in [0.1, 0.15) is 12.4 Å². The topological polar surface area (TPSA) is 12.5 Å². The molecule has 1 aromatic carbocycles. The van der Waals surface area contributed by atoms with Crippen LogP contribution in [0.1, 0.15) is 12.8 Å². The van der Waals surface area contributed by atoms with Gasteiger partial charge >= 0.3 is 0 Å². The Balaban J connectivity index is 1.70. The first-order valence-electron chi connectivity index (χ1n) is 5.99. The molecule has 4 heteroatoms. The summed E-state index contributed by atoms with van der Waals surface area (Å²) < 4.78 is 6.81. The molecule has 1 atom stereocenters. The monoisotopic (exact) mass is 361 g/mol. The van der Waals surface area contributed by atoms with Gasteiger partial charge in [-0.15, -0.1) is 0 Å². The molecule has 1 unspecified atom stereocenters. The highest BCUT2D eigenvalue weighted by Gasteiger charge is 2.16. The molecule has 1 saturated heterocycles. The van der Waals surface area contributed by atoms with Gasteiger partial charge in [0, 0.05) is 22.4 Å². The van der Waals surface area contributed by atoms with E-state index >= 15 is 0 Å². The van der Waals surface area contributed by atoms with Crippen molar-refractivity contribution < 1.29 is 4.74 Å². The lowest BCUT2D eigenvalue weighted by Crippen LogP contribution is -2.38. The van der Waals surface area contributed by atoms with E-state index in [0.717, 1.165) is 29.9 Å². The Hall–Kier alpha value is -0.0600. The predicted octanol–water partition coefficient (Wildman–Crippen LogP) is 3.69. The van der Waals surface area contributed by atoms with Gasteiger partial charge in [0.2, 0.25) is 0 Å². The van der Waals surface area contributed by atoms with Crippen molar-refractivity contribution in [1.29, 1.82) is 0 Å². The minimum atomic E-state index is 0.656. The molecular formula is C13H17Br2NO. The Morgan fingerprint density at radius 3 is 2.76 bits per heavy atom. The number of halogens is 2. The number of benzene rings is 1. The molecule has 17 heavy (non-hydrogen) atoms. The van der Waals surface area contributed by atoms with Crippen molar-refractivity contribution in [2.24, 2.45) is 0 Å². The summed E-state index contributed by atoms with van der Waals surface area (Å²) in [7, 11) is 0. The zero-order valence-electron chi connectivity index (χ0n) is 9.74. The second-order valence-electron chi connectivity index (χ2n) is 4.34. The normalized spacial score (nSPS) is 21.4. The summed E-state index contributed by atoms with van der Waals surface area (Å²) in [5.74, 6) is 0.945. The Morgan fingerprint density at radius 2 is 2.06 bits per heavy atom. The van der Waals surface area contributed by atoms with Crippen molar-refractivity contribution in [3.05, 3.63) is 28.7 Å². The lowest BCUT2D eigenvalue weighted by Gasteiger charge is -2.29. The van der Waals surface area contributed by atoms with Crippen molar-refractivity contribution in [1.82, 2.24) is 4.90 Å². The highest BCUT2D eigenvalue weighted by atomic mass is 79.9. The van der Waals surface area contributed by atoms with E-state index in [1.54, 1.807) is 0 Å². The van der Waals surface area contributed by atoms with Gasteiger partial charge in [-0.1, -0.05) is 31.9 Å². The smallest absolute Gasteiger partial charge is 0.119 e. The molecule has 0 bridgehead atoms. The van der Waals surface area contributed by atoms with Crippen LogP contribution in [0.5, 0.6) is 5.75 Å². The van der Waals surface area contributed by atoms with Crippen molar-refractivity contribution in [2.45, 2.75) is 17.7 Å². The van der Waals surface area contributed by atoms with Crippen LogP contribution in [0.4, 0.5) is 0 Å². The molecule has 0 N–H and O–H groups in total. The molecule has 0 aromatic heterocycles. The molecule has 2 rings (SSSR count). The number of alkyl halides is 1. The van der Waals surface area contributed by atoms with Gasteiger partial charge in [0.05, 0.1) is 0 Å². The van der Waals surface area contributed by atoms with Crippen LogP contribution in [0, 0.1) is 0 Å². The maximum Gasteiger partial charge on any atom is 0.119 e. The molecule has 2 nitrogen and oxygen atoms in total. The Kier molecular flexibility index (Phi) is 5.32. The molecule has 0 saturated carbocycles. The average molecular weight is 363 g/mol. The fraction of sp³-hybridized carbons (Fsp3) is 0.538. The highest BCUT2D eigenvalue weighted by Crippen LogP contribution is 2.18. The van der Waals surface area contributed by atoms with E-state index in [4.69, 9.17) is 4.74 Å². The van der Waals surface area contributed by atoms with Crippen LogP contribution in [0.2, 0.25) is 0 Å². The molecule has 0 aliphatic carbocycles. The third-order valence-corrected chi connectivity index (χ3v) is 4.21. The summed E-state index contributed by atoms with van der Waals surface area (Å²) in [5, 5.41) is 0. The van der Waals surface area contributed by atoms with Gasteiger partial charge in [-0.3, -0.25) is 4.90 Å². The fourth-order valence-electron chi connectivity index (χ4n) is 2.03. The molecule has 1 heterocycles. The third kappa shape index (κ3) is 4.60. The fourth-order valence-corrected chi connectivity index (χ4v) is 3.02. The van der Waals surface area contributed by atoms with Crippen LogP contribution >= 0.6 is 31.9 Å². The van der Waals surface area contributed by atoms with Crippen molar-refractivity contribution >= 4 is 31.9 Å². The first-order valence-corrected chi connectivity index (χ1v) is 7.70. The van der Waals surface area contributed by atoms with Crippen molar-refractivity contribution in [2.75, 3.05) is 26.2 Å². The Bertz CT molecular complexity index is 342. The zero-order valence-corrected chi connectivity index (χ0v) is 12.9. The van der Waals surface area contributed by atoms with Crippen molar-refractivity contribution in [3.8, 4) is 5.75 Å². The summed E-state index contributed by atoms with van der Waals surface area (Å²) in [5.41, 5.74) is 0. The highest BCUT2D eigenvalue weighted by molar-refractivity contribution is 9.10. The zero-order chi connectivity index (χ0) is 12.1.